The summed E-state index contributed by atoms with van der Waals surface area (Å²) in [6.07, 6.45) is -1.79. The Kier molecular flexibility index (Phi) is 5.71. The van der Waals surface area contributed by atoms with Gasteiger partial charge in [-0.2, -0.15) is 0 Å². The maximum Gasteiger partial charge on any atom is 0.524 e. The molecule has 0 spiro atoms. The van der Waals surface area contributed by atoms with E-state index >= 15 is 0 Å². The molecule has 2 heterocycles. The third kappa shape index (κ3) is 4.41. The highest BCUT2D eigenvalue weighted by molar-refractivity contribution is 7.46. The summed E-state index contributed by atoms with van der Waals surface area (Å²) in [5, 5.41) is 21.6. The summed E-state index contributed by atoms with van der Waals surface area (Å²) >= 11 is 6.25. The molecule has 3 aromatic rings. The standard InChI is InChI=1S/C21H21ClNO8P/c1-23-7-6-12(16(26)10-23)19-14(24)9-18(31-32(27,28)29)20-15(25)8-17(30-21(19)20)11-4-2-3-5-13(11)22/h2-5,8-9,12,16,24,26H,6-7,10H2,1H3,(H2,27,28,29)/t12-,16+/m0/s1/i16D. The largest absolute Gasteiger partial charge is 0.524 e. The Morgan fingerprint density at radius 1 is 1.31 bits per heavy atom. The number of phenolic OH excluding ortho intramolecular Hbond substituents is 1. The number of nitrogens with zero attached hydrogens (tertiary/aromatic N) is 1. The highest BCUT2D eigenvalue weighted by atomic mass is 35.5. The summed E-state index contributed by atoms with van der Waals surface area (Å²) < 4.78 is 30.5. The second-order valence-electron chi connectivity index (χ2n) is 7.62. The number of likely N-dealkylation sites (tertiary alicyclic amines) is 1. The van der Waals surface area contributed by atoms with Crippen LogP contribution in [-0.4, -0.2) is 51.1 Å². The average molecular weight is 483 g/mol. The zero-order chi connectivity index (χ0) is 24.1. The van der Waals surface area contributed by atoms with Crippen LogP contribution in [0.25, 0.3) is 22.3 Å². The van der Waals surface area contributed by atoms with Gasteiger partial charge in [-0.1, -0.05) is 23.7 Å². The summed E-state index contributed by atoms with van der Waals surface area (Å²) in [6.45, 7) is 0.454. The van der Waals surface area contributed by atoms with E-state index in [1.165, 1.54) is 0 Å². The average Bonchev–Trinajstić information content (AvgIpc) is 2.67. The molecule has 1 saturated heterocycles. The smallest absolute Gasteiger partial charge is 0.507 e. The van der Waals surface area contributed by atoms with Crippen molar-refractivity contribution >= 4 is 30.4 Å². The molecule has 0 unspecified atom stereocenters. The zero-order valence-corrected chi connectivity index (χ0v) is 18.5. The van der Waals surface area contributed by atoms with E-state index in [-0.39, 0.29) is 40.3 Å². The van der Waals surface area contributed by atoms with Crippen LogP contribution in [0, 0.1) is 0 Å². The van der Waals surface area contributed by atoms with Gasteiger partial charge in [0.1, 0.15) is 28.2 Å². The molecule has 32 heavy (non-hydrogen) atoms. The minimum Gasteiger partial charge on any atom is -0.507 e. The topological polar surface area (TPSA) is 141 Å². The van der Waals surface area contributed by atoms with Gasteiger partial charge in [0.05, 0.1) is 12.5 Å². The van der Waals surface area contributed by atoms with E-state index in [9.17, 15) is 29.4 Å². The lowest BCUT2D eigenvalue weighted by Crippen LogP contribution is -2.40. The first-order valence-corrected chi connectivity index (χ1v) is 11.5. The van der Waals surface area contributed by atoms with Crippen LogP contribution in [0.1, 0.15) is 19.3 Å². The van der Waals surface area contributed by atoms with Gasteiger partial charge < -0.3 is 24.1 Å². The van der Waals surface area contributed by atoms with Crippen molar-refractivity contribution in [2.45, 2.75) is 18.4 Å². The number of fused-ring (bicyclic) bond motifs is 1. The first kappa shape index (κ1) is 21.5. The normalized spacial score (nSPS) is 22.7. The summed E-state index contributed by atoms with van der Waals surface area (Å²) in [5.41, 5.74) is -0.618. The van der Waals surface area contributed by atoms with Gasteiger partial charge in [-0.3, -0.25) is 14.6 Å². The van der Waals surface area contributed by atoms with Crippen molar-refractivity contribution in [2.75, 3.05) is 20.1 Å². The first-order chi connectivity index (χ1) is 15.4. The number of phenols is 1. The van der Waals surface area contributed by atoms with Crippen LogP contribution < -0.4 is 9.95 Å². The highest BCUT2D eigenvalue weighted by Crippen LogP contribution is 2.47. The Morgan fingerprint density at radius 2 is 2.03 bits per heavy atom. The van der Waals surface area contributed by atoms with Gasteiger partial charge in [0, 0.05) is 35.7 Å². The molecule has 0 aliphatic carbocycles. The molecule has 0 saturated carbocycles. The van der Waals surface area contributed by atoms with E-state index in [0.717, 1.165) is 12.1 Å². The molecule has 170 valence electrons. The van der Waals surface area contributed by atoms with Gasteiger partial charge in [-0.25, -0.2) is 4.57 Å². The molecule has 0 amide bonds. The van der Waals surface area contributed by atoms with Gasteiger partial charge in [0.2, 0.25) is 0 Å². The van der Waals surface area contributed by atoms with E-state index in [4.69, 9.17) is 17.4 Å². The van der Waals surface area contributed by atoms with Crippen LogP contribution in [0.3, 0.4) is 0 Å². The lowest BCUT2D eigenvalue weighted by Gasteiger charge is -2.34. The fourth-order valence-corrected chi connectivity index (χ4v) is 4.56. The minimum atomic E-state index is -5.10. The maximum absolute atomic E-state index is 13.1. The lowest BCUT2D eigenvalue weighted by atomic mass is 9.85. The number of phosphoric ester groups is 1. The molecule has 9 nitrogen and oxygen atoms in total. The Morgan fingerprint density at radius 3 is 2.69 bits per heavy atom. The number of benzene rings is 2. The number of β-amino-alcohol motifs (C(OH)–C–C–N with tert-alkyl or cyclic N) is 1. The van der Waals surface area contributed by atoms with E-state index in [2.05, 4.69) is 4.52 Å². The number of halogens is 1. The third-order valence-electron chi connectivity index (χ3n) is 5.32. The van der Waals surface area contributed by atoms with Crippen LogP contribution >= 0.6 is 19.4 Å². The number of rotatable bonds is 4. The Labute approximate surface area is 189 Å². The molecule has 0 radical (unpaired) electrons. The molecule has 1 aliphatic heterocycles. The molecule has 1 aliphatic rings. The summed E-state index contributed by atoms with van der Waals surface area (Å²) in [6, 6.07) is 8.55. The van der Waals surface area contributed by atoms with Crippen LogP contribution in [0.15, 0.2) is 45.6 Å². The lowest BCUT2D eigenvalue weighted by molar-refractivity contribution is 0.0630. The molecule has 2 aromatic carbocycles. The van der Waals surface area contributed by atoms with E-state index in [1.807, 2.05) is 0 Å². The van der Waals surface area contributed by atoms with Gasteiger partial charge in [-0.15, -0.1) is 0 Å². The summed E-state index contributed by atoms with van der Waals surface area (Å²) in [7, 11) is -3.36. The molecular formula is C21H21ClNO8P. The van der Waals surface area contributed by atoms with Crippen molar-refractivity contribution in [2.24, 2.45) is 0 Å². The summed E-state index contributed by atoms with van der Waals surface area (Å²) in [5.74, 6) is -2.05. The molecular weight excluding hydrogens is 461 g/mol. The number of phosphoric acid groups is 1. The third-order valence-corrected chi connectivity index (χ3v) is 6.09. The highest BCUT2D eigenvalue weighted by Gasteiger charge is 2.34. The molecule has 11 heteroatoms. The SMILES string of the molecule is [2H][C@@]1(O)CN(C)CC[C@@H]1c1c(O)cc(OP(=O)(O)O)c2c(=O)cc(-c3ccccc3Cl)oc12. The zero-order valence-electron chi connectivity index (χ0n) is 17.9. The predicted octanol–water partition coefficient (Wildman–Crippen LogP) is 3.07. The Bertz CT molecular complexity index is 1340. The number of likely N-dealkylation sites (N-methyl/N-ethyl adjacent to an activating group) is 1. The van der Waals surface area contributed by atoms with Gasteiger partial charge in [0.15, 0.2) is 5.43 Å². The quantitative estimate of drug-likeness (QED) is 0.413. The van der Waals surface area contributed by atoms with E-state index in [1.54, 1.807) is 36.2 Å². The van der Waals surface area contributed by atoms with Crippen molar-refractivity contribution in [3.05, 3.63) is 57.2 Å². The van der Waals surface area contributed by atoms with Crippen LogP contribution in [0.5, 0.6) is 11.5 Å². The van der Waals surface area contributed by atoms with Crippen molar-refractivity contribution < 1.29 is 34.9 Å². The predicted molar refractivity (Wildman–Crippen MR) is 118 cm³/mol. The number of hydrogen-bond acceptors (Lipinski definition) is 7. The number of aliphatic hydroxyl groups is 1. The molecule has 4 rings (SSSR count). The first-order valence-electron chi connectivity index (χ1n) is 10.1. The van der Waals surface area contributed by atoms with Crippen LogP contribution in [0.2, 0.25) is 5.02 Å². The fraction of sp³-hybridized carbons (Fsp3) is 0.286. The number of piperidine rings is 1. The number of aromatic hydroxyl groups is 1. The van der Waals surface area contributed by atoms with Gasteiger partial charge >= 0.3 is 7.82 Å². The summed E-state index contributed by atoms with van der Waals surface area (Å²) in [4.78, 5) is 33.5. The molecule has 1 fully saturated rings. The maximum atomic E-state index is 13.1. The van der Waals surface area contributed by atoms with Gasteiger partial charge in [-0.05, 0) is 32.1 Å². The second kappa shape index (κ2) is 8.51. The monoisotopic (exact) mass is 482 g/mol. The number of hydrogen-bond donors (Lipinski definition) is 4. The van der Waals surface area contributed by atoms with Gasteiger partial charge in [0.25, 0.3) is 0 Å². The Balaban J connectivity index is 2.06. The fourth-order valence-electron chi connectivity index (χ4n) is 3.93. The Hall–Kier alpha value is -2.39. The van der Waals surface area contributed by atoms with Crippen molar-refractivity contribution in [1.29, 1.82) is 0 Å². The minimum absolute atomic E-state index is 0.0281. The van der Waals surface area contributed by atoms with Crippen molar-refractivity contribution in [3.63, 3.8) is 0 Å². The molecule has 4 N–H and O–H groups in total. The van der Waals surface area contributed by atoms with Crippen molar-refractivity contribution in [1.82, 2.24) is 4.90 Å². The van der Waals surface area contributed by atoms with E-state index < -0.39 is 36.7 Å². The van der Waals surface area contributed by atoms with Crippen LogP contribution in [-0.2, 0) is 4.57 Å². The second-order valence-corrected chi connectivity index (χ2v) is 9.19. The van der Waals surface area contributed by atoms with Crippen molar-refractivity contribution in [3.8, 4) is 22.8 Å². The molecule has 0 bridgehead atoms. The molecule has 2 atom stereocenters. The van der Waals surface area contributed by atoms with Crippen LogP contribution in [0.4, 0.5) is 0 Å². The van der Waals surface area contributed by atoms with E-state index in [0.29, 0.717) is 12.1 Å². The molecule has 1 aromatic heterocycles.